The van der Waals surface area contributed by atoms with E-state index in [0.717, 1.165) is 25.0 Å². The number of carbonyl (C=O) groups is 2. The van der Waals surface area contributed by atoms with Crippen molar-refractivity contribution in [1.82, 2.24) is 5.32 Å². The first-order chi connectivity index (χ1) is 13.7. The molecule has 0 spiro atoms. The molecule has 0 aromatic heterocycles. The highest BCUT2D eigenvalue weighted by Gasteiger charge is 2.43. The molecule has 1 aromatic rings. The van der Waals surface area contributed by atoms with Gasteiger partial charge in [-0.15, -0.1) is 0 Å². The van der Waals surface area contributed by atoms with Crippen molar-refractivity contribution >= 4 is 35.0 Å². The van der Waals surface area contributed by atoms with Crippen LogP contribution < -0.4 is 5.32 Å². The molecule has 0 saturated carbocycles. The van der Waals surface area contributed by atoms with Gasteiger partial charge in [-0.1, -0.05) is 62.5 Å². The Morgan fingerprint density at radius 3 is 2.69 bits per heavy atom. The Hall–Kier alpha value is -1.78. The fourth-order valence-corrected chi connectivity index (χ4v) is 4.56. The second kappa shape index (κ2) is 8.53. The van der Waals surface area contributed by atoms with Crippen molar-refractivity contribution in [3.05, 3.63) is 56.3 Å². The molecule has 0 radical (unpaired) electrons. The minimum Gasteiger partial charge on any atom is -0.462 e. The minimum absolute atomic E-state index is 0.0242. The predicted octanol–water partition coefficient (Wildman–Crippen LogP) is 5.94. The van der Waals surface area contributed by atoms with Gasteiger partial charge >= 0.3 is 5.97 Å². The van der Waals surface area contributed by atoms with Crippen LogP contribution >= 0.6 is 23.2 Å². The molecule has 1 atom stereocenters. The second-order valence-electron chi connectivity index (χ2n) is 8.56. The number of Topliss-reactive ketones (excluding diaryl/α,β-unsaturated/α-hetero) is 1. The molecular weight excluding hydrogens is 409 g/mol. The van der Waals surface area contributed by atoms with E-state index in [9.17, 15) is 9.59 Å². The summed E-state index contributed by atoms with van der Waals surface area (Å²) in [5.74, 6) is -0.986. The van der Waals surface area contributed by atoms with Crippen molar-refractivity contribution in [2.45, 2.75) is 59.3 Å². The van der Waals surface area contributed by atoms with Gasteiger partial charge in [-0.25, -0.2) is 4.79 Å². The summed E-state index contributed by atoms with van der Waals surface area (Å²) in [5.41, 5.74) is 3.08. The zero-order chi connectivity index (χ0) is 21.3. The fourth-order valence-electron chi connectivity index (χ4n) is 4.15. The lowest BCUT2D eigenvalue weighted by Gasteiger charge is -2.39. The monoisotopic (exact) mass is 435 g/mol. The minimum atomic E-state index is -0.588. The molecule has 0 amide bonds. The number of ether oxygens (including phenoxy) is 1. The SMILES string of the molecule is CCCCOC(=O)C1=C(C)NC2=C(C(=O)CC(C)(C)C2)[C@@H]1c1cccc(Cl)c1Cl. The molecule has 2 aliphatic rings. The summed E-state index contributed by atoms with van der Waals surface area (Å²) in [6.07, 6.45) is 2.85. The van der Waals surface area contributed by atoms with Crippen LogP contribution in [0, 0.1) is 5.41 Å². The van der Waals surface area contributed by atoms with Gasteiger partial charge in [-0.2, -0.15) is 0 Å². The topological polar surface area (TPSA) is 55.4 Å². The lowest BCUT2D eigenvalue weighted by Crippen LogP contribution is -2.38. The van der Waals surface area contributed by atoms with Gasteiger partial charge in [0.15, 0.2) is 5.78 Å². The third-order valence-corrected chi connectivity index (χ3v) is 6.32. The molecule has 0 bridgehead atoms. The Labute approximate surface area is 182 Å². The van der Waals surface area contributed by atoms with Crippen molar-refractivity contribution < 1.29 is 14.3 Å². The number of rotatable bonds is 5. The van der Waals surface area contributed by atoms with Gasteiger partial charge in [0.25, 0.3) is 0 Å². The molecule has 1 aliphatic carbocycles. The maximum Gasteiger partial charge on any atom is 0.336 e. The highest BCUT2D eigenvalue weighted by atomic mass is 35.5. The molecule has 1 N–H and O–H groups in total. The van der Waals surface area contributed by atoms with Crippen molar-refractivity contribution in [3.63, 3.8) is 0 Å². The Balaban J connectivity index is 2.14. The Morgan fingerprint density at radius 2 is 2.00 bits per heavy atom. The van der Waals surface area contributed by atoms with Gasteiger partial charge in [0.05, 0.1) is 22.2 Å². The molecule has 0 fully saturated rings. The van der Waals surface area contributed by atoms with Crippen molar-refractivity contribution in [2.75, 3.05) is 6.61 Å². The molecule has 1 aromatic carbocycles. The molecule has 0 unspecified atom stereocenters. The molecular formula is C23H27Cl2NO3. The average molecular weight is 436 g/mol. The maximum absolute atomic E-state index is 13.2. The van der Waals surface area contributed by atoms with E-state index in [2.05, 4.69) is 19.2 Å². The number of halogens is 2. The normalized spacial score (nSPS) is 21.0. The van der Waals surface area contributed by atoms with Crippen LogP contribution in [0.25, 0.3) is 0 Å². The van der Waals surface area contributed by atoms with Crippen LogP contribution in [-0.2, 0) is 14.3 Å². The first-order valence-electron chi connectivity index (χ1n) is 10.0. The molecule has 29 heavy (non-hydrogen) atoms. The summed E-state index contributed by atoms with van der Waals surface area (Å²) >= 11 is 12.8. The third kappa shape index (κ3) is 4.39. The van der Waals surface area contributed by atoms with E-state index < -0.39 is 11.9 Å². The van der Waals surface area contributed by atoms with E-state index in [-0.39, 0.29) is 11.2 Å². The summed E-state index contributed by atoms with van der Waals surface area (Å²) < 4.78 is 5.52. The smallest absolute Gasteiger partial charge is 0.336 e. The number of nitrogens with one attached hydrogen (secondary N) is 1. The number of hydrogen-bond acceptors (Lipinski definition) is 4. The lowest BCUT2D eigenvalue weighted by molar-refractivity contribution is -0.139. The van der Waals surface area contributed by atoms with Gasteiger partial charge < -0.3 is 10.1 Å². The van der Waals surface area contributed by atoms with Gasteiger partial charge in [0.1, 0.15) is 0 Å². The van der Waals surface area contributed by atoms with Crippen LogP contribution in [0.3, 0.4) is 0 Å². The Kier molecular flexibility index (Phi) is 6.45. The molecule has 0 saturated heterocycles. The number of carbonyl (C=O) groups excluding carboxylic acids is 2. The number of esters is 1. The van der Waals surface area contributed by atoms with Gasteiger partial charge in [0, 0.05) is 29.3 Å². The molecule has 4 nitrogen and oxygen atoms in total. The maximum atomic E-state index is 13.2. The quantitative estimate of drug-likeness (QED) is 0.459. The Bertz CT molecular complexity index is 915. The first-order valence-corrected chi connectivity index (χ1v) is 10.8. The fraction of sp³-hybridized carbons (Fsp3) is 0.478. The zero-order valence-corrected chi connectivity index (χ0v) is 18.8. The van der Waals surface area contributed by atoms with Crippen molar-refractivity contribution in [1.29, 1.82) is 0 Å². The lowest BCUT2D eigenvalue weighted by atomic mass is 9.68. The van der Waals surface area contributed by atoms with E-state index in [0.29, 0.717) is 45.5 Å². The van der Waals surface area contributed by atoms with Crippen LogP contribution in [-0.4, -0.2) is 18.4 Å². The molecule has 1 aliphatic heterocycles. The standard InChI is InChI=1S/C23H27Cl2NO3/c1-5-6-10-29-22(28)18-13(2)26-16-11-23(3,4)12-17(27)20(16)19(18)14-8-7-9-15(24)21(14)25/h7-9,19,26H,5-6,10-12H2,1-4H3/t19-/m1/s1. The number of dihydropyridines is 1. The Morgan fingerprint density at radius 1 is 1.28 bits per heavy atom. The number of unbranched alkanes of at least 4 members (excludes halogenated alkanes) is 1. The highest BCUT2D eigenvalue weighted by Crippen LogP contribution is 2.48. The van der Waals surface area contributed by atoms with Gasteiger partial charge in [-0.3, -0.25) is 4.79 Å². The van der Waals surface area contributed by atoms with Gasteiger partial charge in [0.2, 0.25) is 0 Å². The zero-order valence-electron chi connectivity index (χ0n) is 17.3. The number of ketones is 1. The van der Waals surface area contributed by atoms with Crippen molar-refractivity contribution in [2.24, 2.45) is 5.41 Å². The summed E-state index contributed by atoms with van der Waals surface area (Å²) in [6, 6.07) is 5.32. The van der Waals surface area contributed by atoms with Crippen LogP contribution in [0.2, 0.25) is 10.0 Å². The van der Waals surface area contributed by atoms with E-state index in [1.165, 1.54) is 0 Å². The van der Waals surface area contributed by atoms with Crippen LogP contribution in [0.15, 0.2) is 40.7 Å². The highest BCUT2D eigenvalue weighted by molar-refractivity contribution is 6.42. The number of hydrogen-bond donors (Lipinski definition) is 1. The first kappa shape index (κ1) is 21.9. The third-order valence-electron chi connectivity index (χ3n) is 5.48. The van der Waals surface area contributed by atoms with Crippen molar-refractivity contribution in [3.8, 4) is 0 Å². The van der Waals surface area contributed by atoms with Crippen LogP contribution in [0.5, 0.6) is 0 Å². The van der Waals surface area contributed by atoms with Gasteiger partial charge in [-0.05, 0) is 36.8 Å². The molecule has 6 heteroatoms. The average Bonchev–Trinajstić information content (AvgIpc) is 2.62. The summed E-state index contributed by atoms with van der Waals surface area (Å²) in [7, 11) is 0. The van der Waals surface area contributed by atoms with Crippen LogP contribution in [0.4, 0.5) is 0 Å². The molecule has 156 valence electrons. The largest absolute Gasteiger partial charge is 0.462 e. The second-order valence-corrected chi connectivity index (χ2v) is 9.35. The summed E-state index contributed by atoms with van der Waals surface area (Å²) in [4.78, 5) is 26.3. The van der Waals surface area contributed by atoms with E-state index in [1.807, 2.05) is 19.9 Å². The van der Waals surface area contributed by atoms with E-state index >= 15 is 0 Å². The summed E-state index contributed by atoms with van der Waals surface area (Å²) in [6.45, 7) is 8.37. The molecule has 1 heterocycles. The summed E-state index contributed by atoms with van der Waals surface area (Å²) in [5, 5.41) is 4.07. The predicted molar refractivity (Wildman–Crippen MR) is 116 cm³/mol. The number of benzene rings is 1. The number of allylic oxidation sites excluding steroid dienone is 3. The molecule has 3 rings (SSSR count). The van der Waals surface area contributed by atoms with Crippen LogP contribution in [0.1, 0.15) is 64.9 Å². The van der Waals surface area contributed by atoms with E-state index in [1.54, 1.807) is 12.1 Å². The van der Waals surface area contributed by atoms with E-state index in [4.69, 9.17) is 27.9 Å².